The fourth-order valence-corrected chi connectivity index (χ4v) is 2.87. The molecule has 23 heavy (non-hydrogen) atoms. The topological polar surface area (TPSA) is 49.4 Å². The molecule has 2 aromatic rings. The number of hydrogen-bond acceptors (Lipinski definition) is 2. The Labute approximate surface area is 133 Å². The van der Waals surface area contributed by atoms with Crippen molar-refractivity contribution in [2.24, 2.45) is 0 Å². The van der Waals surface area contributed by atoms with Gasteiger partial charge in [-0.15, -0.1) is 0 Å². The Morgan fingerprint density at radius 3 is 2.78 bits per heavy atom. The Kier molecular flexibility index (Phi) is 4.10. The number of benzene rings is 2. The van der Waals surface area contributed by atoms with Gasteiger partial charge in [-0.25, -0.2) is 4.39 Å². The van der Waals surface area contributed by atoms with Crippen molar-refractivity contribution in [3.63, 3.8) is 0 Å². The van der Waals surface area contributed by atoms with E-state index < -0.39 is 0 Å². The number of fused-ring (bicyclic) bond motifs is 1. The minimum atomic E-state index is -0.286. The summed E-state index contributed by atoms with van der Waals surface area (Å²) in [5.41, 5.74) is 2.68. The molecule has 0 saturated carbocycles. The van der Waals surface area contributed by atoms with E-state index in [9.17, 15) is 14.0 Å². The van der Waals surface area contributed by atoms with Crippen LogP contribution in [0.4, 0.5) is 15.8 Å². The molecule has 0 aliphatic carbocycles. The summed E-state index contributed by atoms with van der Waals surface area (Å²) in [6.45, 7) is 2.02. The molecule has 0 bridgehead atoms. The van der Waals surface area contributed by atoms with Crippen LogP contribution in [0.3, 0.4) is 0 Å². The molecule has 3 rings (SSSR count). The summed E-state index contributed by atoms with van der Waals surface area (Å²) in [7, 11) is 0. The Balaban J connectivity index is 1.91. The molecule has 5 heteroatoms. The third kappa shape index (κ3) is 3.23. The zero-order valence-corrected chi connectivity index (χ0v) is 12.8. The SMILES string of the molecule is CC(=O)Nc1cccc(C(=O)N2CCCc3cc(F)ccc32)c1. The summed E-state index contributed by atoms with van der Waals surface area (Å²) in [6, 6.07) is 11.3. The number of carbonyl (C=O) groups is 2. The lowest BCUT2D eigenvalue weighted by molar-refractivity contribution is -0.114. The Morgan fingerprint density at radius 2 is 2.00 bits per heavy atom. The zero-order chi connectivity index (χ0) is 16.4. The van der Waals surface area contributed by atoms with E-state index in [0.29, 0.717) is 17.8 Å². The van der Waals surface area contributed by atoms with Gasteiger partial charge in [0.2, 0.25) is 5.91 Å². The minimum Gasteiger partial charge on any atom is -0.326 e. The monoisotopic (exact) mass is 312 g/mol. The Hall–Kier alpha value is -2.69. The van der Waals surface area contributed by atoms with Crippen molar-refractivity contribution >= 4 is 23.2 Å². The molecule has 4 nitrogen and oxygen atoms in total. The van der Waals surface area contributed by atoms with Crippen LogP contribution < -0.4 is 10.2 Å². The van der Waals surface area contributed by atoms with E-state index in [0.717, 1.165) is 24.1 Å². The van der Waals surface area contributed by atoms with Gasteiger partial charge in [0.05, 0.1) is 0 Å². The number of nitrogens with zero attached hydrogens (tertiary/aromatic N) is 1. The molecule has 0 aromatic heterocycles. The zero-order valence-electron chi connectivity index (χ0n) is 12.8. The fourth-order valence-electron chi connectivity index (χ4n) is 2.87. The highest BCUT2D eigenvalue weighted by molar-refractivity contribution is 6.07. The lowest BCUT2D eigenvalue weighted by atomic mass is 10.0. The van der Waals surface area contributed by atoms with Gasteiger partial charge in [0.15, 0.2) is 0 Å². The number of nitrogens with one attached hydrogen (secondary N) is 1. The van der Waals surface area contributed by atoms with Crippen molar-refractivity contribution in [2.45, 2.75) is 19.8 Å². The predicted molar refractivity (Wildman–Crippen MR) is 87.1 cm³/mol. The van der Waals surface area contributed by atoms with Crippen molar-refractivity contribution in [2.75, 3.05) is 16.8 Å². The van der Waals surface area contributed by atoms with Gasteiger partial charge in [-0.3, -0.25) is 9.59 Å². The molecule has 0 saturated heterocycles. The number of anilines is 2. The second kappa shape index (κ2) is 6.20. The first-order chi connectivity index (χ1) is 11.0. The lowest BCUT2D eigenvalue weighted by Gasteiger charge is -2.29. The maximum absolute atomic E-state index is 13.4. The third-order valence-electron chi connectivity index (χ3n) is 3.84. The van der Waals surface area contributed by atoms with E-state index >= 15 is 0 Å². The quantitative estimate of drug-likeness (QED) is 0.924. The minimum absolute atomic E-state index is 0.148. The lowest BCUT2D eigenvalue weighted by Crippen LogP contribution is -2.35. The summed E-state index contributed by atoms with van der Waals surface area (Å²) in [5, 5.41) is 2.67. The van der Waals surface area contributed by atoms with Crippen LogP contribution >= 0.6 is 0 Å². The normalized spacial score (nSPS) is 13.4. The molecule has 0 unspecified atom stereocenters. The van der Waals surface area contributed by atoms with Gasteiger partial charge in [0.1, 0.15) is 5.82 Å². The van der Waals surface area contributed by atoms with Crippen molar-refractivity contribution < 1.29 is 14.0 Å². The molecule has 1 aliphatic rings. The number of rotatable bonds is 2. The molecule has 1 N–H and O–H groups in total. The summed E-state index contributed by atoms with van der Waals surface area (Å²) in [5.74, 6) is -0.621. The van der Waals surface area contributed by atoms with E-state index in [1.54, 1.807) is 35.2 Å². The Morgan fingerprint density at radius 1 is 1.17 bits per heavy atom. The highest BCUT2D eigenvalue weighted by Crippen LogP contribution is 2.29. The summed E-state index contributed by atoms with van der Waals surface area (Å²) in [4.78, 5) is 25.6. The van der Waals surface area contributed by atoms with Gasteiger partial charge in [0.25, 0.3) is 5.91 Å². The van der Waals surface area contributed by atoms with Crippen molar-refractivity contribution in [1.82, 2.24) is 0 Å². The van der Waals surface area contributed by atoms with Gasteiger partial charge in [-0.05, 0) is 54.8 Å². The van der Waals surface area contributed by atoms with Crippen LogP contribution in [0.25, 0.3) is 0 Å². The molecular weight excluding hydrogens is 295 g/mol. The van der Waals surface area contributed by atoms with E-state index in [2.05, 4.69) is 5.32 Å². The molecule has 1 heterocycles. The molecule has 1 aliphatic heterocycles. The maximum Gasteiger partial charge on any atom is 0.258 e. The van der Waals surface area contributed by atoms with Crippen LogP contribution in [0.1, 0.15) is 29.3 Å². The first-order valence-electron chi connectivity index (χ1n) is 7.52. The standard InChI is InChI=1S/C18H17FN2O2/c1-12(22)20-16-6-2-4-14(11-16)18(23)21-9-3-5-13-10-15(19)7-8-17(13)21/h2,4,6-8,10-11H,3,5,9H2,1H3,(H,20,22). The second-order valence-corrected chi connectivity index (χ2v) is 5.60. The summed E-state index contributed by atoms with van der Waals surface area (Å²) >= 11 is 0. The summed E-state index contributed by atoms with van der Waals surface area (Å²) < 4.78 is 13.4. The van der Waals surface area contributed by atoms with Crippen LogP contribution in [-0.4, -0.2) is 18.4 Å². The number of amides is 2. The van der Waals surface area contributed by atoms with Gasteiger partial charge >= 0.3 is 0 Å². The largest absolute Gasteiger partial charge is 0.326 e. The van der Waals surface area contributed by atoms with E-state index in [-0.39, 0.29) is 17.6 Å². The highest BCUT2D eigenvalue weighted by Gasteiger charge is 2.24. The van der Waals surface area contributed by atoms with Crippen LogP contribution in [0, 0.1) is 5.82 Å². The molecule has 118 valence electrons. The number of aryl methyl sites for hydroxylation is 1. The van der Waals surface area contributed by atoms with E-state index in [1.165, 1.54) is 19.1 Å². The first kappa shape index (κ1) is 15.2. The average Bonchev–Trinajstić information content (AvgIpc) is 2.53. The van der Waals surface area contributed by atoms with Crippen LogP contribution in [-0.2, 0) is 11.2 Å². The van der Waals surface area contributed by atoms with Gasteiger partial charge in [-0.2, -0.15) is 0 Å². The molecule has 0 atom stereocenters. The van der Waals surface area contributed by atoms with Crippen LogP contribution in [0.2, 0.25) is 0 Å². The first-order valence-corrected chi connectivity index (χ1v) is 7.52. The fraction of sp³-hybridized carbons (Fsp3) is 0.222. The van der Waals surface area contributed by atoms with Gasteiger partial charge in [-0.1, -0.05) is 6.07 Å². The molecule has 2 aromatic carbocycles. The smallest absolute Gasteiger partial charge is 0.258 e. The number of carbonyl (C=O) groups excluding carboxylic acids is 2. The number of halogens is 1. The number of hydrogen-bond donors (Lipinski definition) is 1. The molecule has 0 radical (unpaired) electrons. The van der Waals surface area contributed by atoms with E-state index in [1.807, 2.05) is 0 Å². The van der Waals surface area contributed by atoms with E-state index in [4.69, 9.17) is 0 Å². The van der Waals surface area contributed by atoms with Crippen molar-refractivity contribution in [3.05, 3.63) is 59.4 Å². The average molecular weight is 312 g/mol. The van der Waals surface area contributed by atoms with Crippen LogP contribution in [0.15, 0.2) is 42.5 Å². The van der Waals surface area contributed by atoms with Crippen molar-refractivity contribution in [1.29, 1.82) is 0 Å². The predicted octanol–water partition coefficient (Wildman–Crippen LogP) is 3.38. The maximum atomic E-state index is 13.4. The van der Waals surface area contributed by atoms with Crippen molar-refractivity contribution in [3.8, 4) is 0 Å². The Bertz CT molecular complexity index is 773. The third-order valence-corrected chi connectivity index (χ3v) is 3.84. The molecule has 2 amide bonds. The second-order valence-electron chi connectivity index (χ2n) is 5.60. The van der Waals surface area contributed by atoms with Gasteiger partial charge < -0.3 is 10.2 Å². The van der Waals surface area contributed by atoms with Crippen LogP contribution in [0.5, 0.6) is 0 Å². The molecular formula is C18H17FN2O2. The molecule has 0 spiro atoms. The van der Waals surface area contributed by atoms with Gasteiger partial charge in [0, 0.05) is 30.4 Å². The summed E-state index contributed by atoms with van der Waals surface area (Å²) in [6.07, 6.45) is 1.57. The highest BCUT2D eigenvalue weighted by atomic mass is 19.1. The molecule has 0 fully saturated rings.